The second-order valence-electron chi connectivity index (χ2n) is 9.83. The topological polar surface area (TPSA) is 100 Å². The second kappa shape index (κ2) is 15.6. The van der Waals surface area contributed by atoms with Crippen molar-refractivity contribution in [3.05, 3.63) is 134 Å². The van der Waals surface area contributed by atoms with E-state index in [1.54, 1.807) is 61.5 Å². The van der Waals surface area contributed by atoms with Crippen LogP contribution in [0.15, 0.2) is 118 Å². The highest BCUT2D eigenvalue weighted by molar-refractivity contribution is 9.10. The minimum absolute atomic E-state index is 0.0835. The van der Waals surface area contributed by atoms with Gasteiger partial charge in [-0.25, -0.2) is 4.98 Å². The van der Waals surface area contributed by atoms with E-state index in [1.807, 2.05) is 53.9 Å². The Kier molecular flexibility index (Phi) is 11.3. The molecule has 12 heteroatoms. The molecule has 0 aliphatic rings. The number of aromatic nitrogens is 1. The van der Waals surface area contributed by atoms with E-state index in [2.05, 4.69) is 36.9 Å². The SMILES string of the molecule is CC(Sc1ccc(NC(=O)/C(=C/c2cccc(Br)c2)NC(=O)c2ccccc2)cc1)C(=O)Nc1nc(-c2ccc(Cl)c(Cl)c2)cs1. The Morgan fingerprint density at radius 2 is 1.65 bits per heavy atom. The first kappa shape index (κ1) is 33.4. The number of halogens is 3. The molecule has 0 radical (unpaired) electrons. The number of anilines is 2. The van der Waals surface area contributed by atoms with Crippen LogP contribution in [0.1, 0.15) is 22.8 Å². The largest absolute Gasteiger partial charge is 0.321 e. The number of thioether (sulfide) groups is 1. The second-order valence-corrected chi connectivity index (χ2v) is 13.8. The lowest BCUT2D eigenvalue weighted by molar-refractivity contribution is -0.115. The Morgan fingerprint density at radius 1 is 0.891 bits per heavy atom. The number of rotatable bonds is 10. The maximum atomic E-state index is 13.3. The average Bonchev–Trinajstić information content (AvgIpc) is 3.51. The molecule has 1 unspecified atom stereocenters. The lowest BCUT2D eigenvalue weighted by Crippen LogP contribution is -2.30. The number of hydrogen-bond donors (Lipinski definition) is 3. The van der Waals surface area contributed by atoms with Gasteiger partial charge in [0.2, 0.25) is 5.91 Å². The van der Waals surface area contributed by atoms with Crippen molar-refractivity contribution < 1.29 is 14.4 Å². The van der Waals surface area contributed by atoms with Gasteiger partial charge < -0.3 is 16.0 Å². The minimum atomic E-state index is -0.485. The number of amides is 3. The zero-order valence-corrected chi connectivity index (χ0v) is 28.8. The predicted molar refractivity (Wildman–Crippen MR) is 193 cm³/mol. The molecule has 0 spiro atoms. The normalized spacial score (nSPS) is 11.9. The van der Waals surface area contributed by atoms with Gasteiger partial charge in [0.1, 0.15) is 5.70 Å². The van der Waals surface area contributed by atoms with Crippen molar-refractivity contribution in [3.63, 3.8) is 0 Å². The van der Waals surface area contributed by atoms with Crippen LogP contribution < -0.4 is 16.0 Å². The summed E-state index contributed by atoms with van der Waals surface area (Å²) >= 11 is 18.3. The Labute approximate surface area is 292 Å². The van der Waals surface area contributed by atoms with Gasteiger partial charge in [-0.1, -0.05) is 75.5 Å². The van der Waals surface area contributed by atoms with E-state index in [0.29, 0.717) is 32.1 Å². The maximum absolute atomic E-state index is 13.3. The van der Waals surface area contributed by atoms with E-state index in [-0.39, 0.29) is 11.6 Å². The first-order chi connectivity index (χ1) is 22.1. The van der Waals surface area contributed by atoms with Crippen molar-refractivity contribution in [3.8, 4) is 11.3 Å². The predicted octanol–water partition coefficient (Wildman–Crippen LogP) is 9.41. The van der Waals surface area contributed by atoms with Crippen LogP contribution >= 0.6 is 62.2 Å². The fraction of sp³-hybridized carbons (Fsp3) is 0.0588. The molecule has 7 nitrogen and oxygen atoms in total. The standard InChI is InChI=1S/C34H25BrCl2N4O3S2/c1-20(31(42)41-34-40-30(19-45-34)23-10-15-27(36)28(37)18-23)46-26-13-11-25(12-14-26)38-33(44)29(17-21-6-5-9-24(35)16-21)39-32(43)22-7-3-2-4-8-22/h2-20H,1H3,(H,38,44)(H,39,43)(H,40,41,42)/b29-17-. The third-order valence-corrected chi connectivity index (χ3v) is 9.53. The van der Waals surface area contributed by atoms with E-state index in [1.165, 1.54) is 23.1 Å². The number of nitrogens with zero attached hydrogens (tertiary/aromatic N) is 1. The van der Waals surface area contributed by atoms with Crippen LogP contribution in [0.5, 0.6) is 0 Å². The number of carbonyl (C=O) groups is 3. The van der Waals surface area contributed by atoms with Crippen molar-refractivity contribution in [2.45, 2.75) is 17.1 Å². The number of hydrogen-bond acceptors (Lipinski definition) is 6. The highest BCUT2D eigenvalue weighted by Crippen LogP contribution is 2.31. The summed E-state index contributed by atoms with van der Waals surface area (Å²) in [6.07, 6.45) is 1.61. The van der Waals surface area contributed by atoms with E-state index in [9.17, 15) is 14.4 Å². The molecule has 5 aromatic rings. The van der Waals surface area contributed by atoms with Gasteiger partial charge >= 0.3 is 0 Å². The van der Waals surface area contributed by atoms with E-state index in [4.69, 9.17) is 23.2 Å². The molecular formula is C34H25BrCl2N4O3S2. The molecule has 232 valence electrons. The number of carbonyl (C=O) groups excluding carboxylic acids is 3. The zero-order valence-electron chi connectivity index (χ0n) is 24.1. The summed E-state index contributed by atoms with van der Waals surface area (Å²) in [6.45, 7) is 1.80. The Morgan fingerprint density at radius 3 is 2.37 bits per heavy atom. The van der Waals surface area contributed by atoms with Crippen LogP contribution in [-0.2, 0) is 9.59 Å². The van der Waals surface area contributed by atoms with Gasteiger partial charge in [-0.3, -0.25) is 14.4 Å². The molecule has 0 aliphatic carbocycles. The Bertz CT molecular complexity index is 1920. The fourth-order valence-electron chi connectivity index (χ4n) is 4.10. The highest BCUT2D eigenvalue weighted by atomic mass is 79.9. The van der Waals surface area contributed by atoms with Crippen LogP contribution in [0.4, 0.5) is 10.8 Å². The van der Waals surface area contributed by atoms with Gasteiger partial charge in [0, 0.05) is 31.6 Å². The number of benzene rings is 4. The van der Waals surface area contributed by atoms with E-state index >= 15 is 0 Å². The highest BCUT2D eigenvalue weighted by Gasteiger charge is 2.18. The fourth-order valence-corrected chi connectivity index (χ4v) is 6.41. The van der Waals surface area contributed by atoms with Crippen molar-refractivity contribution in [1.29, 1.82) is 0 Å². The smallest absolute Gasteiger partial charge is 0.272 e. The molecule has 0 saturated carbocycles. The molecular weight excluding hydrogens is 727 g/mol. The Hall–Kier alpha value is -3.93. The molecule has 0 saturated heterocycles. The van der Waals surface area contributed by atoms with Crippen molar-refractivity contribution in [2.75, 3.05) is 10.6 Å². The monoisotopic (exact) mass is 750 g/mol. The molecule has 0 bridgehead atoms. The molecule has 0 aliphatic heterocycles. The molecule has 1 heterocycles. The quantitative estimate of drug-likeness (QED) is 0.0976. The molecule has 5 rings (SSSR count). The molecule has 46 heavy (non-hydrogen) atoms. The lowest BCUT2D eigenvalue weighted by atomic mass is 10.1. The summed E-state index contributed by atoms with van der Waals surface area (Å²) < 4.78 is 0.839. The molecule has 3 N–H and O–H groups in total. The van der Waals surface area contributed by atoms with Crippen LogP contribution in [0.3, 0.4) is 0 Å². The van der Waals surface area contributed by atoms with Gasteiger partial charge in [-0.2, -0.15) is 0 Å². The first-order valence-corrected chi connectivity index (χ1v) is 17.1. The van der Waals surface area contributed by atoms with Crippen LogP contribution in [-0.4, -0.2) is 28.0 Å². The van der Waals surface area contributed by atoms with Crippen LogP contribution in [0.2, 0.25) is 10.0 Å². The van der Waals surface area contributed by atoms with E-state index in [0.717, 1.165) is 20.5 Å². The van der Waals surface area contributed by atoms with Crippen LogP contribution in [0.25, 0.3) is 17.3 Å². The third kappa shape index (κ3) is 9.08. The van der Waals surface area contributed by atoms with Gasteiger partial charge in [-0.15, -0.1) is 23.1 Å². The van der Waals surface area contributed by atoms with Crippen molar-refractivity contribution >= 4 is 96.8 Å². The van der Waals surface area contributed by atoms with Crippen LogP contribution in [0, 0.1) is 0 Å². The molecule has 4 aromatic carbocycles. The van der Waals surface area contributed by atoms with Gasteiger partial charge in [0.15, 0.2) is 5.13 Å². The number of thiazole rings is 1. The summed E-state index contributed by atoms with van der Waals surface area (Å²) in [5.41, 5.74) is 3.26. The summed E-state index contributed by atoms with van der Waals surface area (Å²) in [6, 6.07) is 28.4. The van der Waals surface area contributed by atoms with Gasteiger partial charge in [-0.05, 0) is 79.2 Å². The average molecular weight is 753 g/mol. The summed E-state index contributed by atoms with van der Waals surface area (Å²) in [4.78, 5) is 44.5. The summed E-state index contributed by atoms with van der Waals surface area (Å²) in [5, 5.41) is 11.2. The Balaban J connectivity index is 1.21. The summed E-state index contributed by atoms with van der Waals surface area (Å²) in [7, 11) is 0. The van der Waals surface area contributed by atoms with Gasteiger partial charge in [0.05, 0.1) is 21.0 Å². The van der Waals surface area contributed by atoms with Crippen molar-refractivity contribution in [1.82, 2.24) is 10.3 Å². The molecule has 1 aromatic heterocycles. The minimum Gasteiger partial charge on any atom is -0.321 e. The van der Waals surface area contributed by atoms with Crippen molar-refractivity contribution in [2.24, 2.45) is 0 Å². The zero-order chi connectivity index (χ0) is 32.6. The van der Waals surface area contributed by atoms with E-state index < -0.39 is 17.1 Å². The number of nitrogens with one attached hydrogen (secondary N) is 3. The molecule has 0 fully saturated rings. The van der Waals surface area contributed by atoms with Gasteiger partial charge in [0.25, 0.3) is 11.8 Å². The molecule has 3 amide bonds. The first-order valence-electron chi connectivity index (χ1n) is 13.8. The third-order valence-electron chi connectivity index (χ3n) is 6.43. The summed E-state index contributed by atoms with van der Waals surface area (Å²) in [5.74, 6) is -1.09. The maximum Gasteiger partial charge on any atom is 0.272 e. The molecule has 1 atom stereocenters. The lowest BCUT2D eigenvalue weighted by Gasteiger charge is -2.13.